The lowest BCUT2D eigenvalue weighted by molar-refractivity contribution is -0.129. The van der Waals surface area contributed by atoms with Gasteiger partial charge < -0.3 is 19.7 Å². The summed E-state index contributed by atoms with van der Waals surface area (Å²) < 4.78 is 2.16. The van der Waals surface area contributed by atoms with Crippen molar-refractivity contribution in [3.05, 3.63) is 72.1 Å². The molecule has 0 radical (unpaired) electrons. The van der Waals surface area contributed by atoms with Crippen molar-refractivity contribution >= 4 is 29.4 Å². The van der Waals surface area contributed by atoms with E-state index < -0.39 is 0 Å². The van der Waals surface area contributed by atoms with Gasteiger partial charge in [0.15, 0.2) is 5.16 Å². The van der Waals surface area contributed by atoms with Crippen LogP contribution in [0.25, 0.3) is 0 Å². The molecule has 34 heavy (non-hydrogen) atoms. The van der Waals surface area contributed by atoms with Crippen molar-refractivity contribution in [2.45, 2.75) is 30.5 Å². The minimum Gasteiger partial charge on any atom is -0.338 e. The second-order valence-electron chi connectivity index (χ2n) is 8.64. The van der Waals surface area contributed by atoms with Crippen molar-refractivity contribution in [1.29, 1.82) is 0 Å². The number of carbonyl (C=O) groups excluding carboxylic acids is 2. The first-order valence-corrected chi connectivity index (χ1v) is 12.6. The van der Waals surface area contributed by atoms with E-state index in [1.54, 1.807) is 4.90 Å². The number of urea groups is 1. The first-order chi connectivity index (χ1) is 16.7. The number of benzene rings is 2. The van der Waals surface area contributed by atoms with Gasteiger partial charge in [0.1, 0.15) is 5.82 Å². The van der Waals surface area contributed by atoms with Crippen LogP contribution in [0.1, 0.15) is 30.1 Å². The summed E-state index contributed by atoms with van der Waals surface area (Å²) in [4.78, 5) is 29.0. The smallest absolute Gasteiger partial charge is 0.321 e. The van der Waals surface area contributed by atoms with Gasteiger partial charge >= 0.3 is 6.03 Å². The van der Waals surface area contributed by atoms with Gasteiger partial charge in [-0.15, -0.1) is 10.2 Å². The Morgan fingerprint density at radius 3 is 2.21 bits per heavy atom. The highest BCUT2D eigenvalue weighted by Gasteiger charge is 2.31. The third kappa shape index (κ3) is 5.41. The summed E-state index contributed by atoms with van der Waals surface area (Å²) in [5.41, 5.74) is 1.97. The number of carbonyl (C=O) groups is 2. The van der Waals surface area contributed by atoms with E-state index in [4.69, 9.17) is 0 Å². The number of thioether (sulfide) groups is 1. The third-order valence-corrected chi connectivity index (χ3v) is 7.09. The van der Waals surface area contributed by atoms with Crippen LogP contribution in [0, 0.1) is 0 Å². The second-order valence-corrected chi connectivity index (χ2v) is 9.58. The molecular weight excluding hydrogens is 448 g/mol. The van der Waals surface area contributed by atoms with Crippen LogP contribution < -0.4 is 5.32 Å². The fourth-order valence-corrected chi connectivity index (χ4v) is 4.91. The van der Waals surface area contributed by atoms with Crippen molar-refractivity contribution in [3.63, 3.8) is 0 Å². The molecule has 2 aromatic carbocycles. The number of rotatable bonds is 7. The summed E-state index contributed by atoms with van der Waals surface area (Å²) in [6.45, 7) is 2.82. The maximum atomic E-state index is 12.9. The fraction of sp³-hybridized carbons (Fsp3) is 0.360. The highest BCUT2D eigenvalue weighted by atomic mass is 32.2. The molecule has 1 saturated carbocycles. The number of piperazine rings is 1. The minimum absolute atomic E-state index is 0.0651. The van der Waals surface area contributed by atoms with Crippen LogP contribution in [0.5, 0.6) is 0 Å². The Balaban J connectivity index is 1.14. The van der Waals surface area contributed by atoms with E-state index in [2.05, 4.69) is 32.2 Å². The van der Waals surface area contributed by atoms with Crippen LogP contribution in [0.15, 0.2) is 65.8 Å². The normalized spacial score (nSPS) is 15.9. The van der Waals surface area contributed by atoms with Gasteiger partial charge in [0.25, 0.3) is 0 Å². The molecule has 0 unspecified atom stereocenters. The molecule has 1 aliphatic heterocycles. The Hall–Kier alpha value is -3.33. The molecule has 1 aliphatic carbocycles. The highest BCUT2D eigenvalue weighted by Crippen LogP contribution is 2.40. The Morgan fingerprint density at radius 2 is 1.53 bits per heavy atom. The zero-order valence-corrected chi connectivity index (χ0v) is 19.8. The van der Waals surface area contributed by atoms with Gasteiger partial charge in [-0.1, -0.05) is 60.3 Å². The summed E-state index contributed by atoms with van der Waals surface area (Å²) >= 11 is 1.45. The van der Waals surface area contributed by atoms with Crippen LogP contribution in [0.3, 0.4) is 0 Å². The van der Waals surface area contributed by atoms with Crippen molar-refractivity contribution in [1.82, 2.24) is 24.6 Å². The van der Waals surface area contributed by atoms with E-state index >= 15 is 0 Å². The van der Waals surface area contributed by atoms with Gasteiger partial charge in [-0.25, -0.2) is 4.79 Å². The van der Waals surface area contributed by atoms with Gasteiger partial charge in [0.2, 0.25) is 5.91 Å². The molecule has 3 amide bonds. The fourth-order valence-electron chi connectivity index (χ4n) is 4.07. The monoisotopic (exact) mass is 476 g/mol. The molecule has 5 rings (SSSR count). The molecule has 9 heteroatoms. The van der Waals surface area contributed by atoms with Crippen LogP contribution in [-0.4, -0.2) is 68.4 Å². The molecule has 0 bridgehead atoms. The SMILES string of the molecule is O=C(CSc1nnc(C2CC2)n1Cc1ccccc1)N1CCN(C(=O)Nc2ccccc2)CC1. The number of nitrogens with zero attached hydrogens (tertiary/aromatic N) is 5. The number of hydrogen-bond donors (Lipinski definition) is 1. The number of hydrogen-bond acceptors (Lipinski definition) is 5. The van der Waals surface area contributed by atoms with Crippen LogP contribution >= 0.6 is 11.8 Å². The molecule has 2 heterocycles. The molecule has 0 spiro atoms. The maximum Gasteiger partial charge on any atom is 0.321 e. The van der Waals surface area contributed by atoms with Gasteiger partial charge in [0.05, 0.1) is 12.3 Å². The predicted molar refractivity (Wildman–Crippen MR) is 132 cm³/mol. The zero-order valence-electron chi connectivity index (χ0n) is 19.0. The molecule has 2 fully saturated rings. The van der Waals surface area contributed by atoms with E-state index in [0.717, 1.165) is 29.5 Å². The first kappa shape index (κ1) is 22.5. The van der Waals surface area contributed by atoms with Crippen LogP contribution in [-0.2, 0) is 11.3 Å². The Kier molecular flexibility index (Phi) is 6.80. The lowest BCUT2D eigenvalue weighted by Gasteiger charge is -2.34. The van der Waals surface area contributed by atoms with E-state index in [1.165, 1.54) is 17.3 Å². The number of anilines is 1. The van der Waals surface area contributed by atoms with Crippen LogP contribution in [0.4, 0.5) is 10.5 Å². The molecule has 2 aliphatic rings. The number of nitrogens with one attached hydrogen (secondary N) is 1. The molecule has 3 aromatic rings. The lowest BCUT2D eigenvalue weighted by atomic mass is 10.2. The van der Waals surface area contributed by atoms with Crippen molar-refractivity contribution < 1.29 is 9.59 Å². The van der Waals surface area contributed by atoms with Crippen molar-refractivity contribution in [3.8, 4) is 0 Å². The van der Waals surface area contributed by atoms with Crippen molar-refractivity contribution in [2.75, 3.05) is 37.2 Å². The summed E-state index contributed by atoms with van der Waals surface area (Å²) in [5, 5.41) is 12.6. The summed E-state index contributed by atoms with van der Waals surface area (Å²) in [6, 6.07) is 19.6. The highest BCUT2D eigenvalue weighted by molar-refractivity contribution is 7.99. The first-order valence-electron chi connectivity index (χ1n) is 11.7. The topological polar surface area (TPSA) is 83.4 Å². The quantitative estimate of drug-likeness (QED) is 0.526. The van der Waals surface area contributed by atoms with Gasteiger partial charge in [0, 0.05) is 37.8 Å². The third-order valence-electron chi connectivity index (χ3n) is 6.14. The summed E-state index contributed by atoms with van der Waals surface area (Å²) in [6.07, 6.45) is 2.30. The molecule has 1 N–H and O–H groups in total. The van der Waals surface area contributed by atoms with E-state index in [-0.39, 0.29) is 11.9 Å². The Labute approximate surface area is 203 Å². The number of amides is 3. The molecule has 0 atom stereocenters. The summed E-state index contributed by atoms with van der Waals surface area (Å²) in [5.74, 6) is 1.89. The van der Waals surface area contributed by atoms with E-state index in [1.807, 2.05) is 53.4 Å². The average Bonchev–Trinajstić information content (AvgIpc) is 3.65. The van der Waals surface area contributed by atoms with Gasteiger partial charge in [-0.05, 0) is 30.5 Å². The second kappa shape index (κ2) is 10.3. The molecule has 1 aromatic heterocycles. The summed E-state index contributed by atoms with van der Waals surface area (Å²) in [7, 11) is 0. The average molecular weight is 477 g/mol. The van der Waals surface area contributed by atoms with Crippen molar-refractivity contribution in [2.24, 2.45) is 0 Å². The van der Waals surface area contributed by atoms with Gasteiger partial charge in [-0.3, -0.25) is 4.79 Å². The maximum absolute atomic E-state index is 12.9. The molecular formula is C25H28N6O2S. The molecule has 1 saturated heterocycles. The lowest BCUT2D eigenvalue weighted by Crippen LogP contribution is -2.52. The van der Waals surface area contributed by atoms with Gasteiger partial charge in [-0.2, -0.15) is 0 Å². The largest absolute Gasteiger partial charge is 0.338 e. The van der Waals surface area contributed by atoms with E-state index in [9.17, 15) is 9.59 Å². The Morgan fingerprint density at radius 1 is 0.882 bits per heavy atom. The predicted octanol–water partition coefficient (Wildman–Crippen LogP) is 3.67. The molecule has 8 nitrogen and oxygen atoms in total. The van der Waals surface area contributed by atoms with E-state index in [0.29, 0.717) is 44.4 Å². The minimum atomic E-state index is -0.130. The molecule has 176 valence electrons. The standard InChI is InChI=1S/C25H28N6O2S/c32-22(29-13-15-30(16-14-29)24(33)26-21-9-5-2-6-10-21)18-34-25-28-27-23(20-11-12-20)31(25)17-19-7-3-1-4-8-19/h1-10,20H,11-18H2,(H,26,33). The Bertz CT molecular complexity index is 1120. The number of aromatic nitrogens is 3. The van der Waals surface area contributed by atoms with Crippen LogP contribution in [0.2, 0.25) is 0 Å². The number of para-hydroxylation sites is 1. The zero-order chi connectivity index (χ0) is 23.3.